The number of carbonyl (C=O) groups excluding carboxylic acids is 1. The lowest BCUT2D eigenvalue weighted by Crippen LogP contribution is -2.28. The smallest absolute Gasteiger partial charge is 0.254 e. The van der Waals surface area contributed by atoms with E-state index in [2.05, 4.69) is 25.9 Å². The van der Waals surface area contributed by atoms with Crippen LogP contribution in [0.3, 0.4) is 0 Å². The van der Waals surface area contributed by atoms with Crippen molar-refractivity contribution < 1.29 is 4.79 Å². The zero-order valence-corrected chi connectivity index (χ0v) is 13.2. The number of amides is 1. The van der Waals surface area contributed by atoms with Gasteiger partial charge in [0.15, 0.2) is 5.65 Å². The maximum absolute atomic E-state index is 12.8. The third kappa shape index (κ3) is 2.41. The Morgan fingerprint density at radius 2 is 1.90 bits per heavy atom. The fraction of sp³-hybridized carbons (Fsp3) is 0.562. The van der Waals surface area contributed by atoms with Gasteiger partial charge in [-0.1, -0.05) is 20.8 Å². The van der Waals surface area contributed by atoms with Gasteiger partial charge in [0.2, 0.25) is 0 Å². The molecular weight excluding hydrogens is 264 g/mol. The molecule has 1 fully saturated rings. The van der Waals surface area contributed by atoms with Gasteiger partial charge in [0.05, 0.1) is 17.1 Å². The van der Waals surface area contributed by atoms with Crippen LogP contribution in [0.1, 0.15) is 49.7 Å². The number of carbonyl (C=O) groups is 1. The average molecular weight is 286 g/mol. The molecule has 5 heteroatoms. The van der Waals surface area contributed by atoms with Crippen molar-refractivity contribution in [3.8, 4) is 0 Å². The molecule has 5 nitrogen and oxygen atoms in total. The van der Waals surface area contributed by atoms with Gasteiger partial charge in [0, 0.05) is 31.2 Å². The Morgan fingerprint density at radius 3 is 2.52 bits per heavy atom. The summed E-state index contributed by atoms with van der Waals surface area (Å²) in [6, 6.07) is 1.95. The van der Waals surface area contributed by atoms with Crippen LogP contribution in [0, 0.1) is 0 Å². The van der Waals surface area contributed by atoms with Crippen LogP contribution in [0.4, 0.5) is 0 Å². The first-order chi connectivity index (χ1) is 9.88. The molecule has 0 bridgehead atoms. The normalized spacial score (nSPS) is 15.9. The number of likely N-dealkylation sites (tertiary alicyclic amines) is 1. The summed E-state index contributed by atoms with van der Waals surface area (Å²) in [5.74, 6) is 0.110. The second-order valence-electron chi connectivity index (χ2n) is 6.81. The number of rotatable bonds is 1. The molecule has 1 aliphatic rings. The first-order valence-corrected chi connectivity index (χ1v) is 7.50. The molecule has 0 unspecified atom stereocenters. The van der Waals surface area contributed by atoms with Gasteiger partial charge in [0.1, 0.15) is 0 Å². The highest BCUT2D eigenvalue weighted by atomic mass is 16.2. The standard InChI is InChI=1S/C16H22N4O/c1-16(2,3)13-9-11(15(21)20-7-5-6-8-20)12-10-17-19(4)14(12)18-13/h9-10H,5-8H2,1-4H3. The molecule has 0 saturated carbocycles. The molecule has 1 saturated heterocycles. The highest BCUT2D eigenvalue weighted by molar-refractivity contribution is 6.05. The number of hydrogen-bond donors (Lipinski definition) is 0. The van der Waals surface area contributed by atoms with E-state index in [1.54, 1.807) is 10.9 Å². The molecule has 3 heterocycles. The molecule has 1 aliphatic heterocycles. The molecule has 3 rings (SSSR count). The average Bonchev–Trinajstić information content (AvgIpc) is 3.06. The Hall–Kier alpha value is -1.91. The molecule has 0 aromatic carbocycles. The lowest BCUT2D eigenvalue weighted by Gasteiger charge is -2.21. The Kier molecular flexibility index (Phi) is 3.23. The minimum Gasteiger partial charge on any atom is -0.339 e. The van der Waals surface area contributed by atoms with E-state index in [9.17, 15) is 4.79 Å². The fourth-order valence-electron chi connectivity index (χ4n) is 2.77. The van der Waals surface area contributed by atoms with E-state index >= 15 is 0 Å². The maximum Gasteiger partial charge on any atom is 0.254 e. The van der Waals surface area contributed by atoms with Crippen LogP contribution in [0.2, 0.25) is 0 Å². The van der Waals surface area contributed by atoms with Crippen molar-refractivity contribution >= 4 is 16.9 Å². The van der Waals surface area contributed by atoms with Gasteiger partial charge < -0.3 is 4.90 Å². The fourth-order valence-corrected chi connectivity index (χ4v) is 2.77. The molecule has 0 atom stereocenters. The van der Waals surface area contributed by atoms with Gasteiger partial charge in [-0.15, -0.1) is 0 Å². The third-order valence-corrected chi connectivity index (χ3v) is 4.10. The van der Waals surface area contributed by atoms with E-state index in [0.717, 1.165) is 48.2 Å². The number of aromatic nitrogens is 3. The number of aryl methyl sites for hydroxylation is 1. The Bertz CT molecular complexity index is 690. The first-order valence-electron chi connectivity index (χ1n) is 7.50. The Balaban J connectivity index is 2.17. The summed E-state index contributed by atoms with van der Waals surface area (Å²) in [5.41, 5.74) is 2.35. The van der Waals surface area contributed by atoms with Crippen molar-refractivity contribution in [3.63, 3.8) is 0 Å². The molecule has 21 heavy (non-hydrogen) atoms. The van der Waals surface area contributed by atoms with E-state index in [1.165, 1.54) is 0 Å². The maximum atomic E-state index is 12.8. The molecule has 2 aromatic heterocycles. The van der Waals surface area contributed by atoms with Crippen molar-refractivity contribution in [1.82, 2.24) is 19.7 Å². The molecule has 0 N–H and O–H groups in total. The van der Waals surface area contributed by atoms with Crippen molar-refractivity contribution in [2.24, 2.45) is 7.05 Å². The zero-order valence-electron chi connectivity index (χ0n) is 13.2. The first kappa shape index (κ1) is 14.0. The highest BCUT2D eigenvalue weighted by Crippen LogP contribution is 2.27. The minimum absolute atomic E-state index is 0.0987. The largest absolute Gasteiger partial charge is 0.339 e. The van der Waals surface area contributed by atoms with Crippen molar-refractivity contribution in [2.45, 2.75) is 39.0 Å². The summed E-state index contributed by atoms with van der Waals surface area (Å²) in [5, 5.41) is 5.12. The molecular formula is C16H22N4O. The Morgan fingerprint density at radius 1 is 1.24 bits per heavy atom. The minimum atomic E-state index is -0.0987. The zero-order chi connectivity index (χ0) is 15.2. The summed E-state index contributed by atoms with van der Waals surface area (Å²) in [6.07, 6.45) is 3.94. The van der Waals surface area contributed by atoms with Gasteiger partial charge in [-0.25, -0.2) is 4.98 Å². The van der Waals surface area contributed by atoms with Gasteiger partial charge >= 0.3 is 0 Å². The lowest BCUT2D eigenvalue weighted by molar-refractivity contribution is 0.0794. The van der Waals surface area contributed by atoms with Crippen LogP contribution >= 0.6 is 0 Å². The number of hydrogen-bond acceptors (Lipinski definition) is 3. The van der Waals surface area contributed by atoms with Crippen LogP contribution in [-0.4, -0.2) is 38.7 Å². The summed E-state index contributed by atoms with van der Waals surface area (Å²) in [7, 11) is 1.87. The number of pyridine rings is 1. The highest BCUT2D eigenvalue weighted by Gasteiger charge is 2.26. The monoisotopic (exact) mass is 286 g/mol. The summed E-state index contributed by atoms with van der Waals surface area (Å²) in [4.78, 5) is 19.5. The molecule has 112 valence electrons. The summed E-state index contributed by atoms with van der Waals surface area (Å²) in [6.45, 7) is 8.05. The van der Waals surface area contributed by atoms with E-state index in [0.29, 0.717) is 0 Å². The topological polar surface area (TPSA) is 51.0 Å². The lowest BCUT2D eigenvalue weighted by atomic mass is 9.90. The number of fused-ring (bicyclic) bond motifs is 1. The van der Waals surface area contributed by atoms with Crippen molar-refractivity contribution in [1.29, 1.82) is 0 Å². The van der Waals surface area contributed by atoms with E-state index in [-0.39, 0.29) is 11.3 Å². The van der Waals surface area contributed by atoms with Crippen LogP contribution in [0.5, 0.6) is 0 Å². The summed E-state index contributed by atoms with van der Waals surface area (Å²) >= 11 is 0. The second kappa shape index (κ2) is 4.83. The van der Waals surface area contributed by atoms with Gasteiger partial charge in [-0.2, -0.15) is 5.10 Å². The van der Waals surface area contributed by atoms with Gasteiger partial charge in [-0.3, -0.25) is 9.48 Å². The van der Waals surface area contributed by atoms with Crippen LogP contribution in [0.15, 0.2) is 12.3 Å². The molecule has 0 spiro atoms. The molecule has 1 amide bonds. The number of nitrogens with zero attached hydrogens (tertiary/aromatic N) is 4. The Labute approximate surface area is 125 Å². The summed E-state index contributed by atoms with van der Waals surface area (Å²) < 4.78 is 1.74. The predicted octanol–water partition coefficient (Wildman–Crippen LogP) is 2.50. The van der Waals surface area contributed by atoms with Crippen LogP contribution in [-0.2, 0) is 12.5 Å². The molecule has 0 radical (unpaired) electrons. The van der Waals surface area contributed by atoms with Crippen molar-refractivity contribution in [3.05, 3.63) is 23.5 Å². The second-order valence-corrected chi connectivity index (χ2v) is 6.81. The van der Waals surface area contributed by atoms with E-state index in [1.807, 2.05) is 18.0 Å². The van der Waals surface area contributed by atoms with Crippen LogP contribution in [0.25, 0.3) is 11.0 Å². The van der Waals surface area contributed by atoms with Gasteiger partial charge in [-0.05, 0) is 18.9 Å². The van der Waals surface area contributed by atoms with Crippen molar-refractivity contribution in [2.75, 3.05) is 13.1 Å². The quantitative estimate of drug-likeness (QED) is 0.809. The van der Waals surface area contributed by atoms with Crippen LogP contribution < -0.4 is 0 Å². The van der Waals surface area contributed by atoms with E-state index < -0.39 is 0 Å². The molecule has 2 aromatic rings. The predicted molar refractivity (Wildman–Crippen MR) is 82.3 cm³/mol. The third-order valence-electron chi connectivity index (χ3n) is 4.10. The SMILES string of the molecule is Cn1ncc2c(C(=O)N3CCCC3)cc(C(C)(C)C)nc21. The molecule has 0 aliphatic carbocycles. The van der Waals surface area contributed by atoms with E-state index in [4.69, 9.17) is 4.98 Å². The van der Waals surface area contributed by atoms with Gasteiger partial charge in [0.25, 0.3) is 5.91 Å².